The molecule has 0 saturated heterocycles. The molecule has 0 aliphatic rings. The Morgan fingerprint density at radius 2 is 1.96 bits per heavy atom. The van der Waals surface area contributed by atoms with E-state index in [0.29, 0.717) is 29.2 Å². The predicted molar refractivity (Wildman–Crippen MR) is 105 cm³/mol. The predicted octanol–water partition coefficient (Wildman–Crippen LogP) is 3.53. The van der Waals surface area contributed by atoms with Crippen molar-refractivity contribution in [2.75, 3.05) is 12.4 Å². The fourth-order valence-corrected chi connectivity index (χ4v) is 3.04. The number of allylic oxidation sites excluding steroid dienone is 1. The number of imidazole rings is 1. The van der Waals surface area contributed by atoms with Crippen LogP contribution in [0.5, 0.6) is 0 Å². The number of para-hydroxylation sites is 1. The molecule has 0 radical (unpaired) electrons. The zero-order valence-corrected chi connectivity index (χ0v) is 15.7. The molecule has 0 amide bonds. The Hall–Kier alpha value is -3.24. The van der Waals surface area contributed by atoms with Gasteiger partial charge >= 0.3 is 0 Å². The SMILES string of the molecule is CCc1cccc(CC)c1N/C=C(\C#N)c1ncnc2c1ncn2COC. The molecule has 2 heterocycles. The summed E-state index contributed by atoms with van der Waals surface area (Å²) in [7, 11) is 1.61. The van der Waals surface area contributed by atoms with Gasteiger partial charge in [-0.25, -0.2) is 15.0 Å². The second-order valence-corrected chi connectivity index (χ2v) is 6.00. The summed E-state index contributed by atoms with van der Waals surface area (Å²) in [6.07, 6.45) is 6.59. The lowest BCUT2D eigenvalue weighted by atomic mass is 10.0. The smallest absolute Gasteiger partial charge is 0.165 e. The molecule has 0 aliphatic carbocycles. The molecule has 138 valence electrons. The number of nitrogens with one attached hydrogen (secondary N) is 1. The lowest BCUT2D eigenvalue weighted by Crippen LogP contribution is -2.02. The minimum atomic E-state index is 0.334. The molecule has 0 aliphatic heterocycles. The number of anilines is 1. The lowest BCUT2D eigenvalue weighted by Gasteiger charge is -2.13. The molecule has 0 fully saturated rings. The van der Waals surface area contributed by atoms with Gasteiger partial charge in [0, 0.05) is 19.0 Å². The van der Waals surface area contributed by atoms with E-state index in [0.717, 1.165) is 18.5 Å². The highest BCUT2D eigenvalue weighted by atomic mass is 16.5. The van der Waals surface area contributed by atoms with E-state index in [9.17, 15) is 5.26 Å². The van der Waals surface area contributed by atoms with Crippen molar-refractivity contribution in [2.45, 2.75) is 33.4 Å². The molecule has 2 aromatic heterocycles. The first-order valence-corrected chi connectivity index (χ1v) is 8.86. The van der Waals surface area contributed by atoms with E-state index in [4.69, 9.17) is 4.74 Å². The van der Waals surface area contributed by atoms with Crippen molar-refractivity contribution in [1.82, 2.24) is 19.5 Å². The maximum atomic E-state index is 9.70. The van der Waals surface area contributed by atoms with Crippen LogP contribution in [-0.2, 0) is 24.3 Å². The summed E-state index contributed by atoms with van der Waals surface area (Å²) in [6.45, 7) is 4.57. The van der Waals surface area contributed by atoms with Crippen LogP contribution in [-0.4, -0.2) is 26.6 Å². The molecule has 0 unspecified atom stereocenters. The normalized spacial score (nSPS) is 11.6. The number of ether oxygens (including phenoxy) is 1. The van der Waals surface area contributed by atoms with Crippen molar-refractivity contribution in [3.63, 3.8) is 0 Å². The third-order valence-electron chi connectivity index (χ3n) is 4.40. The Morgan fingerprint density at radius 3 is 2.59 bits per heavy atom. The molecular formula is C20H22N6O. The molecule has 0 saturated carbocycles. The number of hydrogen-bond acceptors (Lipinski definition) is 6. The van der Waals surface area contributed by atoms with Crippen LogP contribution in [0.25, 0.3) is 16.7 Å². The van der Waals surface area contributed by atoms with Crippen LogP contribution in [0.4, 0.5) is 5.69 Å². The highest BCUT2D eigenvalue weighted by molar-refractivity contribution is 5.90. The van der Waals surface area contributed by atoms with Crippen LogP contribution in [0.3, 0.4) is 0 Å². The van der Waals surface area contributed by atoms with Gasteiger partial charge in [0.1, 0.15) is 30.3 Å². The third-order valence-corrected chi connectivity index (χ3v) is 4.40. The van der Waals surface area contributed by atoms with Gasteiger partial charge in [-0.05, 0) is 24.0 Å². The van der Waals surface area contributed by atoms with Gasteiger partial charge in [0.25, 0.3) is 0 Å². The monoisotopic (exact) mass is 362 g/mol. The summed E-state index contributed by atoms with van der Waals surface area (Å²) in [5.41, 5.74) is 5.57. The highest BCUT2D eigenvalue weighted by Gasteiger charge is 2.14. The summed E-state index contributed by atoms with van der Waals surface area (Å²) >= 11 is 0. The van der Waals surface area contributed by atoms with Crippen molar-refractivity contribution in [1.29, 1.82) is 5.26 Å². The molecule has 0 bridgehead atoms. The van der Waals surface area contributed by atoms with Gasteiger partial charge in [0.2, 0.25) is 0 Å². The van der Waals surface area contributed by atoms with E-state index >= 15 is 0 Å². The number of benzene rings is 1. The van der Waals surface area contributed by atoms with E-state index in [1.54, 1.807) is 24.2 Å². The second kappa shape index (κ2) is 8.43. The maximum Gasteiger partial charge on any atom is 0.165 e. The summed E-state index contributed by atoms with van der Waals surface area (Å²) in [6, 6.07) is 8.48. The Bertz CT molecular complexity index is 993. The van der Waals surface area contributed by atoms with Crippen molar-refractivity contribution in [2.24, 2.45) is 0 Å². The average molecular weight is 362 g/mol. The fourth-order valence-electron chi connectivity index (χ4n) is 3.04. The summed E-state index contributed by atoms with van der Waals surface area (Å²) < 4.78 is 6.92. The Labute approximate surface area is 158 Å². The largest absolute Gasteiger partial charge is 0.364 e. The first kappa shape index (κ1) is 18.5. The van der Waals surface area contributed by atoms with Crippen LogP contribution in [0, 0.1) is 11.3 Å². The number of methoxy groups -OCH3 is 1. The second-order valence-electron chi connectivity index (χ2n) is 6.00. The van der Waals surface area contributed by atoms with Crippen molar-refractivity contribution < 1.29 is 4.74 Å². The molecule has 0 spiro atoms. The zero-order valence-electron chi connectivity index (χ0n) is 15.7. The van der Waals surface area contributed by atoms with Crippen LogP contribution in [0.2, 0.25) is 0 Å². The van der Waals surface area contributed by atoms with E-state index in [1.165, 1.54) is 17.5 Å². The zero-order chi connectivity index (χ0) is 19.2. The number of nitriles is 1. The maximum absolute atomic E-state index is 9.70. The van der Waals surface area contributed by atoms with Crippen LogP contribution < -0.4 is 5.32 Å². The highest BCUT2D eigenvalue weighted by Crippen LogP contribution is 2.25. The topological polar surface area (TPSA) is 88.7 Å². The van der Waals surface area contributed by atoms with Gasteiger partial charge in [-0.15, -0.1) is 0 Å². The number of rotatable bonds is 7. The minimum Gasteiger partial charge on any atom is -0.364 e. The van der Waals surface area contributed by atoms with Crippen molar-refractivity contribution in [3.05, 3.63) is 53.9 Å². The van der Waals surface area contributed by atoms with Gasteiger partial charge in [-0.3, -0.25) is 4.57 Å². The third kappa shape index (κ3) is 3.66. The molecular weight excluding hydrogens is 340 g/mol. The van der Waals surface area contributed by atoms with Crippen molar-refractivity contribution in [3.8, 4) is 6.07 Å². The average Bonchev–Trinajstić information content (AvgIpc) is 3.12. The van der Waals surface area contributed by atoms with E-state index in [-0.39, 0.29) is 0 Å². The van der Waals surface area contributed by atoms with E-state index in [2.05, 4.69) is 58.4 Å². The summed E-state index contributed by atoms with van der Waals surface area (Å²) in [4.78, 5) is 12.9. The number of nitrogens with zero attached hydrogens (tertiary/aromatic N) is 5. The van der Waals surface area contributed by atoms with Gasteiger partial charge in [0.05, 0.1) is 11.9 Å². The Kier molecular flexibility index (Phi) is 5.79. The molecule has 3 rings (SSSR count). The first-order chi connectivity index (χ1) is 13.2. The van der Waals surface area contributed by atoms with Gasteiger partial charge < -0.3 is 10.1 Å². The molecule has 0 atom stereocenters. The molecule has 1 N–H and O–H groups in total. The van der Waals surface area contributed by atoms with Crippen molar-refractivity contribution >= 4 is 22.4 Å². The lowest BCUT2D eigenvalue weighted by molar-refractivity contribution is 0.134. The van der Waals surface area contributed by atoms with Crippen LogP contribution >= 0.6 is 0 Å². The molecule has 7 heteroatoms. The molecule has 3 aromatic rings. The summed E-state index contributed by atoms with van der Waals surface area (Å²) in [5, 5.41) is 13.0. The van der Waals surface area contributed by atoms with Gasteiger partial charge in [-0.2, -0.15) is 5.26 Å². The standard InChI is InChI=1S/C20H22N6O/c1-4-14-7-6-8-15(5-2)17(14)22-10-16(9-21)18-19-20(24-11-23-18)26(12-25-19)13-27-3/h6-8,10-12,22H,4-5,13H2,1-3H3/b16-10+. The van der Waals surface area contributed by atoms with E-state index in [1.807, 2.05) is 0 Å². The quantitative estimate of drug-likeness (QED) is 0.647. The Morgan fingerprint density at radius 1 is 1.22 bits per heavy atom. The number of aromatic nitrogens is 4. The molecule has 7 nitrogen and oxygen atoms in total. The van der Waals surface area contributed by atoms with E-state index < -0.39 is 0 Å². The fraction of sp³-hybridized carbons (Fsp3) is 0.300. The number of fused-ring (bicyclic) bond motifs is 1. The minimum absolute atomic E-state index is 0.334. The van der Waals surface area contributed by atoms with Crippen LogP contribution in [0.1, 0.15) is 30.7 Å². The van der Waals surface area contributed by atoms with Gasteiger partial charge in [-0.1, -0.05) is 32.0 Å². The van der Waals surface area contributed by atoms with Crippen LogP contribution in [0.15, 0.2) is 37.1 Å². The number of aryl methyl sites for hydroxylation is 2. The Balaban J connectivity index is 2.02. The van der Waals surface area contributed by atoms with Gasteiger partial charge in [0.15, 0.2) is 5.65 Å². The first-order valence-electron chi connectivity index (χ1n) is 8.86. The molecule has 27 heavy (non-hydrogen) atoms. The molecule has 1 aromatic carbocycles. The summed E-state index contributed by atoms with van der Waals surface area (Å²) in [5.74, 6) is 0. The number of hydrogen-bond donors (Lipinski definition) is 1.